The highest BCUT2D eigenvalue weighted by atomic mass is 79.9. The number of halogens is 4. The lowest BCUT2D eigenvalue weighted by Crippen LogP contribution is -2.36. The SMILES string of the molecule is O=C(c1ccc(Br)o1)N(CCBr)CC(F)F. The first-order chi connectivity index (χ1) is 7.54. The minimum Gasteiger partial charge on any atom is -0.444 e. The van der Waals surface area contributed by atoms with E-state index in [0.29, 0.717) is 10.00 Å². The molecule has 1 rings (SSSR count). The fraction of sp³-hybridized carbons (Fsp3) is 0.444. The van der Waals surface area contributed by atoms with Crippen molar-refractivity contribution in [3.63, 3.8) is 0 Å². The maximum Gasteiger partial charge on any atom is 0.289 e. The molecule has 90 valence electrons. The number of amides is 1. The predicted molar refractivity (Wildman–Crippen MR) is 62.1 cm³/mol. The fourth-order valence-corrected chi connectivity index (χ4v) is 1.86. The Morgan fingerprint density at radius 3 is 2.62 bits per heavy atom. The molecule has 0 unspecified atom stereocenters. The standard InChI is InChI=1S/C9H9Br2F2NO2/c10-3-4-14(5-8(12)13)9(15)6-1-2-7(11)16-6/h1-2,8H,3-5H2. The van der Waals surface area contributed by atoms with Gasteiger partial charge in [0.25, 0.3) is 12.3 Å². The fourth-order valence-electron chi connectivity index (χ4n) is 1.13. The summed E-state index contributed by atoms with van der Waals surface area (Å²) in [5, 5.41) is 0.438. The second-order valence-electron chi connectivity index (χ2n) is 2.93. The van der Waals surface area contributed by atoms with Crippen molar-refractivity contribution < 1.29 is 18.0 Å². The predicted octanol–water partition coefficient (Wildman–Crippen LogP) is 3.14. The molecule has 0 aliphatic heterocycles. The number of carbonyl (C=O) groups is 1. The summed E-state index contributed by atoms with van der Waals surface area (Å²) in [7, 11) is 0. The van der Waals surface area contributed by atoms with Crippen molar-refractivity contribution in [2.75, 3.05) is 18.4 Å². The molecule has 1 amide bonds. The third-order valence-electron chi connectivity index (χ3n) is 1.78. The molecule has 0 bridgehead atoms. The Bertz CT molecular complexity index is 357. The minimum absolute atomic E-state index is 0.0495. The van der Waals surface area contributed by atoms with E-state index in [0.717, 1.165) is 4.90 Å². The first-order valence-corrected chi connectivity index (χ1v) is 6.34. The van der Waals surface area contributed by atoms with Crippen molar-refractivity contribution in [2.24, 2.45) is 0 Å². The number of nitrogens with zero attached hydrogens (tertiary/aromatic N) is 1. The first kappa shape index (κ1) is 13.6. The van der Waals surface area contributed by atoms with Crippen LogP contribution in [0.5, 0.6) is 0 Å². The molecule has 0 fully saturated rings. The molecule has 0 spiro atoms. The van der Waals surface area contributed by atoms with Gasteiger partial charge in [0.15, 0.2) is 10.4 Å². The van der Waals surface area contributed by atoms with E-state index in [1.165, 1.54) is 6.07 Å². The van der Waals surface area contributed by atoms with Gasteiger partial charge in [0, 0.05) is 11.9 Å². The van der Waals surface area contributed by atoms with Crippen LogP contribution in [0.2, 0.25) is 0 Å². The Balaban J connectivity index is 2.74. The summed E-state index contributed by atoms with van der Waals surface area (Å²) in [4.78, 5) is 12.8. The molecule has 0 aromatic carbocycles. The van der Waals surface area contributed by atoms with E-state index in [1.54, 1.807) is 6.07 Å². The summed E-state index contributed by atoms with van der Waals surface area (Å²) < 4.78 is 29.9. The lowest BCUT2D eigenvalue weighted by Gasteiger charge is -2.19. The van der Waals surface area contributed by atoms with Crippen molar-refractivity contribution in [1.29, 1.82) is 0 Å². The van der Waals surface area contributed by atoms with Crippen molar-refractivity contribution in [1.82, 2.24) is 4.90 Å². The Kier molecular flexibility index (Phi) is 5.40. The van der Waals surface area contributed by atoms with Gasteiger partial charge in [-0.3, -0.25) is 4.79 Å². The molecule has 1 aromatic rings. The first-order valence-electron chi connectivity index (χ1n) is 4.43. The Morgan fingerprint density at radius 2 is 2.19 bits per heavy atom. The maximum absolute atomic E-state index is 12.2. The van der Waals surface area contributed by atoms with Crippen LogP contribution >= 0.6 is 31.9 Å². The molecule has 0 saturated heterocycles. The summed E-state index contributed by atoms with van der Waals surface area (Å²) >= 11 is 6.15. The Hall–Kier alpha value is -0.430. The maximum atomic E-state index is 12.2. The van der Waals surface area contributed by atoms with Gasteiger partial charge < -0.3 is 9.32 Å². The third kappa shape index (κ3) is 3.86. The van der Waals surface area contributed by atoms with E-state index in [1.807, 2.05) is 0 Å². The second-order valence-corrected chi connectivity index (χ2v) is 4.51. The number of hydrogen-bond acceptors (Lipinski definition) is 2. The van der Waals surface area contributed by atoms with Crippen LogP contribution in [0.3, 0.4) is 0 Å². The molecule has 0 aliphatic rings. The largest absolute Gasteiger partial charge is 0.444 e. The molecule has 3 nitrogen and oxygen atoms in total. The molecule has 1 aromatic heterocycles. The smallest absolute Gasteiger partial charge is 0.289 e. The minimum atomic E-state index is -2.55. The van der Waals surface area contributed by atoms with Crippen LogP contribution in [0.1, 0.15) is 10.6 Å². The molecule has 0 aliphatic carbocycles. The summed E-state index contributed by atoms with van der Waals surface area (Å²) in [5.41, 5.74) is 0. The van der Waals surface area contributed by atoms with Gasteiger partial charge >= 0.3 is 0 Å². The lowest BCUT2D eigenvalue weighted by atomic mass is 10.3. The number of carbonyl (C=O) groups excluding carboxylic acids is 1. The number of furan rings is 1. The van der Waals surface area contributed by atoms with Gasteiger partial charge in [-0.1, -0.05) is 15.9 Å². The zero-order valence-electron chi connectivity index (χ0n) is 8.13. The summed E-state index contributed by atoms with van der Waals surface area (Å²) in [5.74, 6) is -0.487. The number of rotatable bonds is 5. The molecule has 0 radical (unpaired) electrons. The average Bonchev–Trinajstić information content (AvgIpc) is 2.62. The Labute approximate surface area is 108 Å². The van der Waals surface area contributed by atoms with Crippen LogP contribution in [-0.2, 0) is 0 Å². The van der Waals surface area contributed by atoms with Crippen LogP contribution in [-0.4, -0.2) is 35.7 Å². The van der Waals surface area contributed by atoms with Crippen molar-refractivity contribution in [3.8, 4) is 0 Å². The van der Waals surface area contributed by atoms with Crippen LogP contribution < -0.4 is 0 Å². The molecule has 0 N–H and O–H groups in total. The van der Waals surface area contributed by atoms with E-state index in [9.17, 15) is 13.6 Å². The molecule has 16 heavy (non-hydrogen) atoms. The quantitative estimate of drug-likeness (QED) is 0.756. The number of hydrogen-bond donors (Lipinski definition) is 0. The molecule has 0 atom stereocenters. The van der Waals surface area contributed by atoms with Crippen LogP contribution in [0, 0.1) is 0 Å². The van der Waals surface area contributed by atoms with Gasteiger partial charge in [0.2, 0.25) is 0 Å². The van der Waals surface area contributed by atoms with E-state index in [2.05, 4.69) is 31.9 Å². The highest BCUT2D eigenvalue weighted by Gasteiger charge is 2.21. The van der Waals surface area contributed by atoms with Gasteiger partial charge in [-0.25, -0.2) is 8.78 Å². The molecule has 0 saturated carbocycles. The van der Waals surface area contributed by atoms with E-state index >= 15 is 0 Å². The van der Waals surface area contributed by atoms with Gasteiger partial charge in [-0.2, -0.15) is 0 Å². The van der Waals surface area contributed by atoms with Gasteiger partial charge in [-0.05, 0) is 28.1 Å². The van der Waals surface area contributed by atoms with E-state index < -0.39 is 18.9 Å². The zero-order chi connectivity index (χ0) is 12.1. The second kappa shape index (κ2) is 6.34. The highest BCUT2D eigenvalue weighted by Crippen LogP contribution is 2.16. The van der Waals surface area contributed by atoms with E-state index in [-0.39, 0.29) is 12.3 Å². The van der Waals surface area contributed by atoms with E-state index in [4.69, 9.17) is 4.42 Å². The average molecular weight is 361 g/mol. The zero-order valence-corrected chi connectivity index (χ0v) is 11.3. The van der Waals surface area contributed by atoms with Crippen molar-refractivity contribution in [3.05, 3.63) is 22.6 Å². The van der Waals surface area contributed by atoms with Crippen LogP contribution in [0.4, 0.5) is 8.78 Å². The highest BCUT2D eigenvalue weighted by molar-refractivity contribution is 9.10. The third-order valence-corrected chi connectivity index (χ3v) is 2.56. The summed E-state index contributed by atoms with van der Waals surface area (Å²) in [6, 6.07) is 2.99. The summed E-state index contributed by atoms with van der Waals surface area (Å²) in [6.45, 7) is -0.385. The normalized spacial score (nSPS) is 10.8. The van der Waals surface area contributed by atoms with Gasteiger partial charge in [-0.15, -0.1) is 0 Å². The number of alkyl halides is 3. The molecular formula is C9H9Br2F2NO2. The van der Waals surface area contributed by atoms with Gasteiger partial charge in [0.05, 0.1) is 6.54 Å². The lowest BCUT2D eigenvalue weighted by molar-refractivity contribution is 0.0544. The molecular weight excluding hydrogens is 352 g/mol. The molecule has 1 heterocycles. The van der Waals surface area contributed by atoms with Gasteiger partial charge in [0.1, 0.15) is 0 Å². The Morgan fingerprint density at radius 1 is 1.50 bits per heavy atom. The monoisotopic (exact) mass is 359 g/mol. The van der Waals surface area contributed by atoms with Crippen LogP contribution in [0.25, 0.3) is 0 Å². The van der Waals surface area contributed by atoms with Crippen LogP contribution in [0.15, 0.2) is 21.2 Å². The summed E-state index contributed by atoms with van der Waals surface area (Å²) in [6.07, 6.45) is -2.55. The van der Waals surface area contributed by atoms with Crippen molar-refractivity contribution >= 4 is 37.8 Å². The molecule has 7 heteroatoms. The topological polar surface area (TPSA) is 33.5 Å². The van der Waals surface area contributed by atoms with Crippen molar-refractivity contribution in [2.45, 2.75) is 6.43 Å².